The molecule has 3 atom stereocenters. The number of carbonyl (C=O) groups excluding carboxylic acids is 2. The first-order chi connectivity index (χ1) is 18.6. The van der Waals surface area contributed by atoms with Crippen molar-refractivity contribution in [1.82, 2.24) is 20.0 Å². The van der Waals surface area contributed by atoms with E-state index in [0.29, 0.717) is 19.4 Å². The second-order valence-corrected chi connectivity index (χ2v) is 18.4. The van der Waals surface area contributed by atoms with Crippen molar-refractivity contribution in [1.29, 1.82) is 0 Å². The van der Waals surface area contributed by atoms with Gasteiger partial charge in [-0.3, -0.25) is 9.59 Å². The van der Waals surface area contributed by atoms with Gasteiger partial charge in [-0.25, -0.2) is 4.68 Å². The first kappa shape index (κ1) is 31.0. The Kier molecular flexibility index (Phi) is 9.10. The summed E-state index contributed by atoms with van der Waals surface area (Å²) in [6.45, 7) is 7.15. The molecular weight excluding hydrogens is 548 g/mol. The molecule has 15 heteroatoms. The van der Waals surface area contributed by atoms with Crippen LogP contribution in [0, 0.1) is 5.92 Å². The van der Waals surface area contributed by atoms with Gasteiger partial charge in [0.15, 0.2) is 5.60 Å². The van der Waals surface area contributed by atoms with Crippen molar-refractivity contribution < 1.29 is 42.7 Å². The number of alkyl halides is 3. The highest BCUT2D eigenvalue weighted by Crippen LogP contribution is 2.42. The molecule has 1 saturated carbocycles. The van der Waals surface area contributed by atoms with Crippen LogP contribution in [-0.4, -0.2) is 93.4 Å². The van der Waals surface area contributed by atoms with E-state index in [0.717, 1.165) is 18.9 Å². The van der Waals surface area contributed by atoms with E-state index in [-0.39, 0.29) is 60.7 Å². The molecule has 4 N–H and O–H groups in total. The van der Waals surface area contributed by atoms with Gasteiger partial charge in [0, 0.05) is 38.7 Å². The van der Waals surface area contributed by atoms with Crippen LogP contribution in [0.25, 0.3) is 0 Å². The fourth-order valence-corrected chi connectivity index (χ4v) is 6.83. The molecule has 40 heavy (non-hydrogen) atoms. The van der Waals surface area contributed by atoms with Crippen molar-refractivity contribution in [3.63, 3.8) is 0 Å². The molecule has 2 aliphatic heterocycles. The molecule has 0 radical (unpaired) electrons. The van der Waals surface area contributed by atoms with Gasteiger partial charge in [-0.05, 0) is 63.5 Å². The molecular formula is C25H40BF3N4O6Si. The minimum atomic E-state index is -4.69. The fourth-order valence-electron chi connectivity index (χ4n) is 6.07. The minimum absolute atomic E-state index is 0.0125. The lowest BCUT2D eigenvalue weighted by Crippen LogP contribution is -2.53. The summed E-state index contributed by atoms with van der Waals surface area (Å²) in [6, 6.07) is 1.49. The van der Waals surface area contributed by atoms with Gasteiger partial charge in [-0.2, -0.15) is 18.3 Å². The lowest BCUT2D eigenvalue weighted by Gasteiger charge is -2.40. The summed E-state index contributed by atoms with van der Waals surface area (Å²) in [6.07, 6.45) is -3.17. The third kappa shape index (κ3) is 6.92. The second-order valence-electron chi connectivity index (χ2n) is 12.8. The van der Waals surface area contributed by atoms with Crippen LogP contribution in [0.1, 0.15) is 61.9 Å². The molecule has 0 unspecified atom stereocenters. The maximum absolute atomic E-state index is 13.5. The van der Waals surface area contributed by atoms with E-state index in [2.05, 4.69) is 30.1 Å². The van der Waals surface area contributed by atoms with Crippen LogP contribution in [0.15, 0.2) is 6.07 Å². The SMILES string of the molecule is C[Si](C)(C)CCOCn1nc(C(=O)N2[C@@H]3CC[C@H]2C[C@H](C(=O)N[C@H]2CC[C@@](O)(C(F)(F)F)CC2)C3)cc1B(O)O. The van der Waals surface area contributed by atoms with Gasteiger partial charge in [0.1, 0.15) is 12.4 Å². The molecule has 3 heterocycles. The van der Waals surface area contributed by atoms with Crippen LogP contribution in [0.4, 0.5) is 13.2 Å². The average molecular weight is 589 g/mol. The third-order valence-electron chi connectivity index (χ3n) is 8.53. The summed E-state index contributed by atoms with van der Waals surface area (Å²) in [7, 11) is -3.13. The van der Waals surface area contributed by atoms with Gasteiger partial charge in [0.25, 0.3) is 5.91 Å². The standard InChI is InChI=1S/C25H40BF3N4O6Si/c1-40(2,3)11-10-39-15-32-21(26(37)38)14-20(31-32)23(35)33-18-4-5-19(33)13-16(12-18)22(34)30-17-6-8-24(36,9-7-17)25(27,28)29/h14,16-19,36-38H,4-13,15H2,1-3H3,(H,30,34)/t16-,17-,18-,19+,24-. The number of ether oxygens (including phenoxy) is 1. The molecule has 2 bridgehead atoms. The van der Waals surface area contributed by atoms with Crippen molar-refractivity contribution in [3.8, 4) is 0 Å². The predicted molar refractivity (Wildman–Crippen MR) is 143 cm³/mol. The summed E-state index contributed by atoms with van der Waals surface area (Å²) in [4.78, 5) is 28.2. The highest BCUT2D eigenvalue weighted by molar-refractivity contribution is 6.76. The molecule has 10 nitrogen and oxygen atoms in total. The number of hydrogen-bond donors (Lipinski definition) is 4. The summed E-state index contributed by atoms with van der Waals surface area (Å²) < 4.78 is 46.2. The Hall–Kier alpha value is -1.94. The zero-order valence-electron chi connectivity index (χ0n) is 23.3. The molecule has 0 spiro atoms. The molecule has 4 rings (SSSR count). The second kappa shape index (κ2) is 11.7. The lowest BCUT2D eigenvalue weighted by molar-refractivity contribution is -0.270. The number of aliphatic hydroxyl groups is 1. The Bertz CT molecular complexity index is 1060. The highest BCUT2D eigenvalue weighted by atomic mass is 28.3. The van der Waals surface area contributed by atoms with Crippen molar-refractivity contribution in [3.05, 3.63) is 11.8 Å². The van der Waals surface area contributed by atoms with E-state index in [9.17, 15) is 37.9 Å². The quantitative estimate of drug-likeness (QED) is 0.254. The van der Waals surface area contributed by atoms with Crippen LogP contribution in [-0.2, 0) is 16.3 Å². The molecule has 1 aliphatic carbocycles. The molecule has 2 amide bonds. The van der Waals surface area contributed by atoms with Crippen molar-refractivity contribution in [2.24, 2.45) is 5.92 Å². The maximum Gasteiger partial charge on any atom is 0.507 e. The average Bonchev–Trinajstić information content (AvgIpc) is 3.40. The first-order valence-corrected chi connectivity index (χ1v) is 17.7. The van der Waals surface area contributed by atoms with Crippen molar-refractivity contribution in [2.75, 3.05) is 6.61 Å². The Morgan fingerprint density at radius 2 is 1.75 bits per heavy atom. The van der Waals surface area contributed by atoms with E-state index < -0.39 is 45.9 Å². The smallest absolute Gasteiger partial charge is 0.422 e. The number of nitrogens with zero attached hydrogens (tertiary/aromatic N) is 3. The monoisotopic (exact) mass is 588 g/mol. The van der Waals surface area contributed by atoms with Gasteiger partial charge in [-0.15, -0.1) is 0 Å². The zero-order chi connectivity index (χ0) is 29.5. The summed E-state index contributed by atoms with van der Waals surface area (Å²) in [5, 5.41) is 36.7. The lowest BCUT2D eigenvalue weighted by atomic mass is 9.81. The zero-order valence-corrected chi connectivity index (χ0v) is 24.3. The predicted octanol–water partition coefficient (Wildman–Crippen LogP) is 1.61. The van der Waals surface area contributed by atoms with E-state index in [4.69, 9.17) is 4.74 Å². The molecule has 3 aliphatic rings. The molecule has 0 aromatic carbocycles. The van der Waals surface area contributed by atoms with Gasteiger partial charge >= 0.3 is 13.3 Å². The van der Waals surface area contributed by atoms with Gasteiger partial charge in [-0.1, -0.05) is 19.6 Å². The summed E-state index contributed by atoms with van der Waals surface area (Å²) >= 11 is 0. The van der Waals surface area contributed by atoms with Gasteiger partial charge in [0.2, 0.25) is 5.91 Å². The van der Waals surface area contributed by atoms with E-state index >= 15 is 0 Å². The topological polar surface area (TPSA) is 137 Å². The van der Waals surface area contributed by atoms with Crippen LogP contribution < -0.4 is 10.9 Å². The third-order valence-corrected chi connectivity index (χ3v) is 10.2. The van der Waals surface area contributed by atoms with Crippen molar-refractivity contribution in [2.45, 2.75) is 114 Å². The summed E-state index contributed by atoms with van der Waals surface area (Å²) in [5.74, 6) is -0.929. The highest BCUT2D eigenvalue weighted by Gasteiger charge is 2.55. The number of halogens is 3. The number of hydrogen-bond acceptors (Lipinski definition) is 7. The van der Waals surface area contributed by atoms with Gasteiger partial charge < -0.3 is 30.1 Å². The minimum Gasteiger partial charge on any atom is -0.422 e. The van der Waals surface area contributed by atoms with E-state index in [1.54, 1.807) is 4.90 Å². The number of carbonyl (C=O) groups is 2. The van der Waals surface area contributed by atoms with Crippen LogP contribution in [0.3, 0.4) is 0 Å². The molecule has 1 aromatic rings. The number of rotatable bonds is 9. The number of aromatic nitrogens is 2. The Balaban J connectivity index is 1.34. The number of nitrogens with one attached hydrogen (secondary N) is 1. The maximum atomic E-state index is 13.5. The van der Waals surface area contributed by atoms with E-state index in [1.807, 2.05) is 0 Å². The first-order valence-electron chi connectivity index (χ1n) is 14.0. The number of fused-ring (bicyclic) bond motifs is 2. The van der Waals surface area contributed by atoms with Gasteiger partial charge in [0.05, 0.1) is 5.59 Å². The molecule has 224 valence electrons. The fraction of sp³-hybridized carbons (Fsp3) is 0.800. The van der Waals surface area contributed by atoms with E-state index in [1.165, 1.54) is 10.7 Å². The van der Waals surface area contributed by atoms with Crippen LogP contribution >= 0.6 is 0 Å². The Morgan fingerprint density at radius 3 is 2.27 bits per heavy atom. The molecule has 1 aromatic heterocycles. The normalized spacial score (nSPS) is 29.0. The van der Waals surface area contributed by atoms with Crippen LogP contribution in [0.2, 0.25) is 25.7 Å². The number of piperidine rings is 1. The number of amides is 2. The molecule has 3 fully saturated rings. The van der Waals surface area contributed by atoms with Crippen molar-refractivity contribution >= 4 is 32.6 Å². The largest absolute Gasteiger partial charge is 0.507 e. The summed E-state index contributed by atoms with van der Waals surface area (Å²) in [5.41, 5.74) is -2.56. The Morgan fingerprint density at radius 1 is 1.15 bits per heavy atom. The Labute approximate surface area is 233 Å². The molecule has 2 saturated heterocycles. The van der Waals surface area contributed by atoms with Crippen LogP contribution in [0.5, 0.6) is 0 Å².